The van der Waals surface area contributed by atoms with E-state index in [4.69, 9.17) is 9.15 Å². The maximum Gasteiger partial charge on any atom is 0.262 e. The van der Waals surface area contributed by atoms with Gasteiger partial charge in [-0.25, -0.2) is 18.2 Å². The van der Waals surface area contributed by atoms with E-state index in [0.717, 1.165) is 4.31 Å². The second-order valence-electron chi connectivity index (χ2n) is 8.37. The number of ether oxygens (including phenoxy) is 1. The molecule has 40 heavy (non-hydrogen) atoms. The highest BCUT2D eigenvalue weighted by Crippen LogP contribution is 2.18. The molecule has 0 unspecified atom stereocenters. The van der Waals surface area contributed by atoms with E-state index in [-0.39, 0.29) is 18.0 Å². The van der Waals surface area contributed by atoms with E-state index in [9.17, 15) is 22.4 Å². The first-order valence-corrected chi connectivity index (χ1v) is 13.4. The summed E-state index contributed by atoms with van der Waals surface area (Å²) in [5.74, 6) is -0.647. The van der Waals surface area contributed by atoms with Crippen LogP contribution in [0.4, 0.5) is 10.1 Å². The van der Waals surface area contributed by atoms with E-state index in [1.165, 1.54) is 48.9 Å². The number of carbonyl (C=O) groups is 2. The van der Waals surface area contributed by atoms with Crippen LogP contribution >= 0.6 is 0 Å². The van der Waals surface area contributed by atoms with Gasteiger partial charge in [-0.2, -0.15) is 9.41 Å². The number of nitrogens with zero attached hydrogens (tertiary/aromatic N) is 2. The number of hydrogen-bond donors (Lipinski definition) is 2. The second-order valence-corrected chi connectivity index (χ2v) is 10.3. The van der Waals surface area contributed by atoms with E-state index in [1.54, 1.807) is 54.6 Å². The smallest absolute Gasteiger partial charge is 0.262 e. The highest BCUT2D eigenvalue weighted by molar-refractivity contribution is 7.89. The Kier molecular flexibility index (Phi) is 9.39. The van der Waals surface area contributed by atoms with Crippen LogP contribution in [-0.4, -0.2) is 43.9 Å². The molecule has 0 saturated carbocycles. The van der Waals surface area contributed by atoms with E-state index >= 15 is 0 Å². The van der Waals surface area contributed by atoms with Crippen molar-refractivity contribution in [3.63, 3.8) is 0 Å². The molecule has 2 amide bonds. The molecule has 0 aliphatic rings. The molecule has 3 aromatic carbocycles. The van der Waals surface area contributed by atoms with Crippen LogP contribution in [0.25, 0.3) is 0 Å². The standard InChI is InChI=1S/C28H25FN4O6S/c29-22-10-12-23(13-11-22)31-28(35)20-39-24-14-8-21(9-15-24)17-30-32-27(34)19-33(18-25-5-4-16-38-25)40(36,37)26-6-2-1-3-7-26/h1-17H,18-20H2,(H,31,35)(H,32,34)/b30-17+. The summed E-state index contributed by atoms with van der Waals surface area (Å²) in [6.45, 7) is -0.867. The van der Waals surface area contributed by atoms with Gasteiger partial charge >= 0.3 is 0 Å². The predicted octanol–water partition coefficient (Wildman–Crippen LogP) is 3.78. The van der Waals surface area contributed by atoms with Crippen molar-refractivity contribution in [2.24, 2.45) is 5.10 Å². The fourth-order valence-corrected chi connectivity index (χ4v) is 4.83. The monoisotopic (exact) mass is 564 g/mol. The lowest BCUT2D eigenvalue weighted by Gasteiger charge is -2.20. The van der Waals surface area contributed by atoms with Crippen molar-refractivity contribution in [1.29, 1.82) is 0 Å². The van der Waals surface area contributed by atoms with Crippen molar-refractivity contribution in [3.8, 4) is 5.75 Å². The molecule has 0 aliphatic heterocycles. The first-order chi connectivity index (χ1) is 19.3. The van der Waals surface area contributed by atoms with E-state index in [2.05, 4.69) is 15.8 Å². The Hall–Kier alpha value is -4.81. The molecule has 0 saturated heterocycles. The zero-order chi connectivity index (χ0) is 28.4. The van der Waals surface area contributed by atoms with Crippen molar-refractivity contribution < 1.29 is 31.6 Å². The average molecular weight is 565 g/mol. The number of nitrogens with one attached hydrogen (secondary N) is 2. The molecule has 0 aliphatic carbocycles. The number of furan rings is 1. The highest BCUT2D eigenvalue weighted by Gasteiger charge is 2.27. The molecule has 0 radical (unpaired) electrons. The third-order valence-corrected chi connectivity index (χ3v) is 7.20. The summed E-state index contributed by atoms with van der Waals surface area (Å²) in [6.07, 6.45) is 2.80. The van der Waals surface area contributed by atoms with Crippen molar-refractivity contribution in [2.75, 3.05) is 18.5 Å². The zero-order valence-electron chi connectivity index (χ0n) is 21.1. The maximum absolute atomic E-state index is 13.1. The molecule has 0 bridgehead atoms. The lowest BCUT2D eigenvalue weighted by molar-refractivity contribution is -0.121. The van der Waals surface area contributed by atoms with Crippen LogP contribution < -0.4 is 15.5 Å². The molecule has 4 aromatic rings. The van der Waals surface area contributed by atoms with Crippen molar-refractivity contribution in [1.82, 2.24) is 9.73 Å². The van der Waals surface area contributed by atoms with Crippen LogP contribution in [0.5, 0.6) is 5.75 Å². The molecule has 0 spiro atoms. The summed E-state index contributed by atoms with van der Waals surface area (Å²) in [5.41, 5.74) is 3.40. The average Bonchev–Trinajstić information content (AvgIpc) is 3.47. The molecular formula is C28H25FN4O6S. The third-order valence-electron chi connectivity index (χ3n) is 5.39. The van der Waals surface area contributed by atoms with Crippen LogP contribution in [-0.2, 0) is 26.2 Å². The predicted molar refractivity (Wildman–Crippen MR) is 145 cm³/mol. The Morgan fingerprint density at radius 2 is 1.65 bits per heavy atom. The van der Waals surface area contributed by atoms with Gasteiger partial charge in [-0.1, -0.05) is 18.2 Å². The zero-order valence-corrected chi connectivity index (χ0v) is 21.9. The molecular weight excluding hydrogens is 539 g/mol. The molecule has 1 aromatic heterocycles. The quantitative estimate of drug-likeness (QED) is 0.199. The molecule has 206 valence electrons. The molecule has 1 heterocycles. The number of rotatable bonds is 12. The fraction of sp³-hybridized carbons (Fsp3) is 0.107. The Labute approximate surface area is 230 Å². The number of hydrogen-bond acceptors (Lipinski definition) is 7. The van der Waals surface area contributed by atoms with Gasteiger partial charge in [0.1, 0.15) is 17.3 Å². The first-order valence-electron chi connectivity index (χ1n) is 12.0. The van der Waals surface area contributed by atoms with Gasteiger partial charge in [-0.3, -0.25) is 9.59 Å². The van der Waals surface area contributed by atoms with Crippen molar-refractivity contribution in [2.45, 2.75) is 11.4 Å². The van der Waals surface area contributed by atoms with Gasteiger partial charge in [-0.05, 0) is 78.4 Å². The van der Waals surface area contributed by atoms with Gasteiger partial charge in [0.25, 0.3) is 11.8 Å². The van der Waals surface area contributed by atoms with Crippen LogP contribution in [0.3, 0.4) is 0 Å². The summed E-state index contributed by atoms with van der Waals surface area (Å²) in [5, 5.41) is 6.50. The minimum Gasteiger partial charge on any atom is -0.484 e. The Morgan fingerprint density at radius 1 is 0.925 bits per heavy atom. The largest absolute Gasteiger partial charge is 0.484 e. The first kappa shape index (κ1) is 28.2. The molecule has 0 atom stereocenters. The minimum absolute atomic E-state index is 0.0492. The number of amides is 2. The SMILES string of the molecule is O=C(CN(Cc1ccco1)S(=O)(=O)c1ccccc1)N/N=C/c1ccc(OCC(=O)Nc2ccc(F)cc2)cc1. The number of benzene rings is 3. The van der Waals surface area contributed by atoms with Gasteiger partial charge in [0.05, 0.1) is 30.5 Å². The van der Waals surface area contributed by atoms with Crippen molar-refractivity contribution >= 4 is 33.7 Å². The summed E-state index contributed by atoms with van der Waals surface area (Å²) in [4.78, 5) is 24.6. The lowest BCUT2D eigenvalue weighted by atomic mass is 10.2. The number of sulfonamides is 1. The van der Waals surface area contributed by atoms with Gasteiger partial charge < -0.3 is 14.5 Å². The summed E-state index contributed by atoms with van der Waals surface area (Å²) < 4.78 is 51.0. The van der Waals surface area contributed by atoms with Crippen LogP contribution in [0.1, 0.15) is 11.3 Å². The minimum atomic E-state index is -3.98. The normalized spacial score (nSPS) is 11.4. The molecule has 2 N–H and O–H groups in total. The van der Waals surface area contributed by atoms with E-state index in [1.807, 2.05) is 0 Å². The Balaban J connectivity index is 1.29. The molecule has 0 fully saturated rings. The van der Waals surface area contributed by atoms with Gasteiger partial charge in [-0.15, -0.1) is 0 Å². The van der Waals surface area contributed by atoms with Crippen LogP contribution in [0.2, 0.25) is 0 Å². The van der Waals surface area contributed by atoms with Crippen molar-refractivity contribution in [3.05, 3.63) is 114 Å². The number of hydrazone groups is 1. The number of halogens is 1. The van der Waals surface area contributed by atoms with Gasteiger partial charge in [0, 0.05) is 5.69 Å². The van der Waals surface area contributed by atoms with Gasteiger partial charge in [0.2, 0.25) is 10.0 Å². The van der Waals surface area contributed by atoms with Gasteiger partial charge in [0.15, 0.2) is 6.61 Å². The lowest BCUT2D eigenvalue weighted by Crippen LogP contribution is -2.38. The van der Waals surface area contributed by atoms with E-state index < -0.39 is 34.2 Å². The molecule has 12 heteroatoms. The third kappa shape index (κ3) is 8.09. The van der Waals surface area contributed by atoms with E-state index in [0.29, 0.717) is 22.8 Å². The number of anilines is 1. The van der Waals surface area contributed by atoms with Crippen LogP contribution in [0.15, 0.2) is 112 Å². The second kappa shape index (κ2) is 13.3. The van der Waals surface area contributed by atoms with Crippen LogP contribution in [0, 0.1) is 5.82 Å². The Morgan fingerprint density at radius 3 is 2.33 bits per heavy atom. The summed E-state index contributed by atoms with van der Waals surface area (Å²) >= 11 is 0. The topological polar surface area (TPSA) is 130 Å². The fourth-order valence-electron chi connectivity index (χ4n) is 3.45. The molecule has 4 rings (SSSR count). The summed E-state index contributed by atoms with van der Waals surface area (Å²) in [7, 11) is -3.98. The number of carbonyl (C=O) groups excluding carboxylic acids is 2. The summed E-state index contributed by atoms with van der Waals surface area (Å²) in [6, 6.07) is 23.0. The molecule has 10 nitrogen and oxygen atoms in total. The Bertz CT molecular complexity index is 1540. The maximum atomic E-state index is 13.1. The highest BCUT2D eigenvalue weighted by atomic mass is 32.2.